The molecule has 2 nitrogen and oxygen atoms in total. The van der Waals surface area contributed by atoms with E-state index in [-0.39, 0.29) is 0 Å². The third-order valence-corrected chi connectivity index (χ3v) is 2.44. The molecular formula is C13H14O2. The lowest BCUT2D eigenvalue weighted by Gasteiger charge is -2.10. The summed E-state index contributed by atoms with van der Waals surface area (Å²) in [5, 5.41) is 9.98. The van der Waals surface area contributed by atoms with Crippen molar-refractivity contribution in [2.45, 2.75) is 19.4 Å². The topological polar surface area (TPSA) is 33.4 Å². The van der Waals surface area contributed by atoms with E-state index in [1.807, 2.05) is 37.3 Å². The van der Waals surface area contributed by atoms with Crippen molar-refractivity contribution >= 4 is 0 Å². The first-order valence-corrected chi connectivity index (χ1v) is 5.01. The Balaban J connectivity index is 2.11. The van der Waals surface area contributed by atoms with Gasteiger partial charge >= 0.3 is 0 Å². The SMILES string of the molecule is Cc1cccc(C(O)Cc2ccoc2)c1. The van der Waals surface area contributed by atoms with Crippen molar-refractivity contribution < 1.29 is 9.52 Å². The van der Waals surface area contributed by atoms with Gasteiger partial charge < -0.3 is 9.52 Å². The summed E-state index contributed by atoms with van der Waals surface area (Å²) in [6.07, 6.45) is 3.43. The van der Waals surface area contributed by atoms with Gasteiger partial charge in [-0.25, -0.2) is 0 Å². The Morgan fingerprint density at radius 2 is 2.20 bits per heavy atom. The molecule has 0 amide bonds. The molecule has 1 aromatic carbocycles. The maximum absolute atomic E-state index is 9.98. The summed E-state index contributed by atoms with van der Waals surface area (Å²) in [6.45, 7) is 2.02. The fourth-order valence-corrected chi connectivity index (χ4v) is 1.63. The number of benzene rings is 1. The molecular weight excluding hydrogens is 188 g/mol. The van der Waals surface area contributed by atoms with Crippen molar-refractivity contribution in [3.05, 3.63) is 59.5 Å². The highest BCUT2D eigenvalue weighted by atomic mass is 16.3. The van der Waals surface area contributed by atoms with Gasteiger partial charge in [-0.2, -0.15) is 0 Å². The fourth-order valence-electron chi connectivity index (χ4n) is 1.63. The largest absolute Gasteiger partial charge is 0.472 e. The second kappa shape index (κ2) is 4.32. The zero-order valence-electron chi connectivity index (χ0n) is 8.68. The fraction of sp³-hybridized carbons (Fsp3) is 0.231. The van der Waals surface area contributed by atoms with Crippen LogP contribution in [0.2, 0.25) is 0 Å². The van der Waals surface area contributed by atoms with Crippen LogP contribution in [0.15, 0.2) is 47.3 Å². The first kappa shape index (κ1) is 9.99. The number of aryl methyl sites for hydroxylation is 1. The average molecular weight is 202 g/mol. The summed E-state index contributed by atoms with van der Waals surface area (Å²) in [5.41, 5.74) is 3.14. The Morgan fingerprint density at radius 1 is 1.33 bits per heavy atom. The van der Waals surface area contributed by atoms with Gasteiger partial charge in [0.15, 0.2) is 0 Å². The minimum atomic E-state index is -0.456. The van der Waals surface area contributed by atoms with Gasteiger partial charge in [0.2, 0.25) is 0 Å². The van der Waals surface area contributed by atoms with Gasteiger partial charge in [-0.1, -0.05) is 29.8 Å². The zero-order valence-corrected chi connectivity index (χ0v) is 8.68. The molecule has 0 aliphatic carbocycles. The smallest absolute Gasteiger partial charge is 0.0935 e. The van der Waals surface area contributed by atoms with Crippen molar-refractivity contribution in [3.8, 4) is 0 Å². The summed E-state index contributed by atoms with van der Waals surface area (Å²) in [6, 6.07) is 9.80. The molecule has 15 heavy (non-hydrogen) atoms. The van der Waals surface area contributed by atoms with Crippen molar-refractivity contribution in [3.63, 3.8) is 0 Å². The van der Waals surface area contributed by atoms with Gasteiger partial charge in [0, 0.05) is 6.42 Å². The van der Waals surface area contributed by atoms with Crippen LogP contribution in [-0.4, -0.2) is 5.11 Å². The predicted molar refractivity (Wildman–Crippen MR) is 58.6 cm³/mol. The molecule has 0 radical (unpaired) electrons. The summed E-state index contributed by atoms with van der Waals surface area (Å²) in [4.78, 5) is 0. The highest BCUT2D eigenvalue weighted by Gasteiger charge is 2.08. The molecule has 0 saturated carbocycles. The van der Waals surface area contributed by atoms with Crippen LogP contribution in [-0.2, 0) is 6.42 Å². The average Bonchev–Trinajstić information content (AvgIpc) is 2.70. The van der Waals surface area contributed by atoms with Gasteiger partial charge in [-0.15, -0.1) is 0 Å². The van der Waals surface area contributed by atoms with Gasteiger partial charge in [-0.05, 0) is 24.1 Å². The molecule has 2 rings (SSSR count). The molecule has 0 bridgehead atoms. The third kappa shape index (κ3) is 2.48. The summed E-state index contributed by atoms with van der Waals surface area (Å²) < 4.78 is 4.96. The quantitative estimate of drug-likeness (QED) is 0.830. The van der Waals surface area contributed by atoms with Crippen molar-refractivity contribution in [1.82, 2.24) is 0 Å². The number of aliphatic hydroxyl groups excluding tert-OH is 1. The molecule has 0 aliphatic rings. The first-order valence-electron chi connectivity index (χ1n) is 5.01. The summed E-state index contributed by atoms with van der Waals surface area (Å²) in [7, 11) is 0. The summed E-state index contributed by atoms with van der Waals surface area (Å²) >= 11 is 0. The van der Waals surface area contributed by atoms with Crippen LogP contribution in [0.3, 0.4) is 0 Å². The molecule has 1 unspecified atom stereocenters. The standard InChI is InChI=1S/C13H14O2/c1-10-3-2-4-12(7-10)13(14)8-11-5-6-15-9-11/h2-7,9,13-14H,8H2,1H3. The Morgan fingerprint density at radius 3 is 2.87 bits per heavy atom. The lowest BCUT2D eigenvalue weighted by Crippen LogP contribution is -2.00. The van der Waals surface area contributed by atoms with Crippen molar-refractivity contribution in [2.24, 2.45) is 0 Å². The van der Waals surface area contributed by atoms with E-state index >= 15 is 0 Å². The molecule has 1 N–H and O–H groups in total. The van der Waals surface area contributed by atoms with E-state index in [0.29, 0.717) is 6.42 Å². The molecule has 0 aliphatic heterocycles. The molecule has 1 heterocycles. The van der Waals surface area contributed by atoms with Gasteiger partial charge in [0.25, 0.3) is 0 Å². The molecule has 1 aromatic heterocycles. The highest BCUT2D eigenvalue weighted by Crippen LogP contribution is 2.19. The van der Waals surface area contributed by atoms with E-state index in [0.717, 1.165) is 11.1 Å². The maximum atomic E-state index is 9.98. The van der Waals surface area contributed by atoms with Crippen LogP contribution in [0.4, 0.5) is 0 Å². The number of hydrogen-bond donors (Lipinski definition) is 1. The molecule has 0 fully saturated rings. The summed E-state index contributed by atoms with van der Waals surface area (Å²) in [5.74, 6) is 0. The van der Waals surface area contributed by atoms with E-state index in [2.05, 4.69) is 0 Å². The maximum Gasteiger partial charge on any atom is 0.0935 e. The van der Waals surface area contributed by atoms with Crippen LogP contribution < -0.4 is 0 Å². The Bertz CT molecular complexity index is 418. The van der Waals surface area contributed by atoms with Gasteiger partial charge in [0.1, 0.15) is 0 Å². The Kier molecular flexibility index (Phi) is 2.88. The van der Waals surface area contributed by atoms with Crippen LogP contribution >= 0.6 is 0 Å². The van der Waals surface area contributed by atoms with Crippen LogP contribution in [0, 0.1) is 6.92 Å². The monoisotopic (exact) mass is 202 g/mol. The Labute approximate surface area is 89.2 Å². The van der Waals surface area contributed by atoms with Crippen molar-refractivity contribution in [1.29, 1.82) is 0 Å². The van der Waals surface area contributed by atoms with E-state index in [1.54, 1.807) is 12.5 Å². The normalized spacial score (nSPS) is 12.7. The van der Waals surface area contributed by atoms with Crippen molar-refractivity contribution in [2.75, 3.05) is 0 Å². The molecule has 2 heteroatoms. The highest BCUT2D eigenvalue weighted by molar-refractivity contribution is 5.25. The minimum absolute atomic E-state index is 0.456. The van der Waals surface area contributed by atoms with E-state index in [1.165, 1.54) is 5.56 Å². The number of furan rings is 1. The van der Waals surface area contributed by atoms with Gasteiger partial charge in [0.05, 0.1) is 18.6 Å². The zero-order chi connectivity index (χ0) is 10.7. The molecule has 0 saturated heterocycles. The lowest BCUT2D eigenvalue weighted by atomic mass is 10.0. The second-order valence-corrected chi connectivity index (χ2v) is 3.77. The lowest BCUT2D eigenvalue weighted by molar-refractivity contribution is 0.178. The molecule has 78 valence electrons. The molecule has 2 aromatic rings. The van der Waals surface area contributed by atoms with Crippen LogP contribution in [0.1, 0.15) is 22.8 Å². The van der Waals surface area contributed by atoms with Crippen LogP contribution in [0.5, 0.6) is 0 Å². The third-order valence-electron chi connectivity index (χ3n) is 2.44. The molecule has 1 atom stereocenters. The number of rotatable bonds is 3. The second-order valence-electron chi connectivity index (χ2n) is 3.77. The molecule has 0 spiro atoms. The van der Waals surface area contributed by atoms with E-state index < -0.39 is 6.10 Å². The van der Waals surface area contributed by atoms with Crippen LogP contribution in [0.25, 0.3) is 0 Å². The minimum Gasteiger partial charge on any atom is -0.472 e. The predicted octanol–water partition coefficient (Wildman–Crippen LogP) is 2.86. The number of aliphatic hydroxyl groups is 1. The first-order chi connectivity index (χ1) is 7.25. The van der Waals surface area contributed by atoms with Gasteiger partial charge in [-0.3, -0.25) is 0 Å². The van der Waals surface area contributed by atoms with E-state index in [4.69, 9.17) is 4.42 Å². The number of hydrogen-bond acceptors (Lipinski definition) is 2. The van der Waals surface area contributed by atoms with E-state index in [9.17, 15) is 5.11 Å². The Hall–Kier alpha value is -1.54.